The molecule has 0 spiro atoms. The van der Waals surface area contributed by atoms with E-state index in [2.05, 4.69) is 19.9 Å². The van der Waals surface area contributed by atoms with Crippen molar-refractivity contribution in [3.05, 3.63) is 11.6 Å². The quantitative estimate of drug-likeness (QED) is 0.307. The summed E-state index contributed by atoms with van der Waals surface area (Å²) in [5, 5.41) is 44.0. The van der Waals surface area contributed by atoms with Crippen LogP contribution in [-0.4, -0.2) is 108 Å². The van der Waals surface area contributed by atoms with Crippen LogP contribution in [0.5, 0.6) is 0 Å². The molecule has 0 aromatic rings. The van der Waals surface area contributed by atoms with Crippen molar-refractivity contribution in [2.24, 2.45) is 28.6 Å². The highest BCUT2D eigenvalue weighted by Gasteiger charge is 2.66. The van der Waals surface area contributed by atoms with Crippen LogP contribution in [0.1, 0.15) is 92.4 Å². The first kappa shape index (κ1) is 34.2. The first-order chi connectivity index (χ1) is 21.3. The number of ether oxygens (including phenoxy) is 6. The van der Waals surface area contributed by atoms with Crippen molar-refractivity contribution >= 4 is 0 Å². The van der Waals surface area contributed by atoms with E-state index in [0.29, 0.717) is 12.3 Å². The Morgan fingerprint density at radius 3 is 2.33 bits per heavy atom. The van der Waals surface area contributed by atoms with Crippen molar-refractivity contribution in [1.82, 2.24) is 0 Å². The van der Waals surface area contributed by atoms with E-state index >= 15 is 0 Å². The fourth-order valence-electron chi connectivity index (χ4n) is 10.8. The van der Waals surface area contributed by atoms with E-state index in [4.69, 9.17) is 28.4 Å². The van der Waals surface area contributed by atoms with Crippen LogP contribution in [0.15, 0.2) is 11.6 Å². The van der Waals surface area contributed by atoms with Gasteiger partial charge < -0.3 is 48.8 Å². The van der Waals surface area contributed by atoms with Crippen molar-refractivity contribution in [3.63, 3.8) is 0 Å². The number of rotatable bonds is 7. The van der Waals surface area contributed by atoms with Gasteiger partial charge in [-0.3, -0.25) is 0 Å². The molecular formula is C35H58O10. The zero-order valence-corrected chi connectivity index (χ0v) is 28.3. The van der Waals surface area contributed by atoms with Gasteiger partial charge in [-0.1, -0.05) is 25.5 Å². The second-order valence-corrected chi connectivity index (χ2v) is 15.6. The smallest absolute Gasteiger partial charge is 0.187 e. The summed E-state index contributed by atoms with van der Waals surface area (Å²) in [7, 11) is 3.09. The Morgan fingerprint density at radius 1 is 0.889 bits per heavy atom. The lowest BCUT2D eigenvalue weighted by molar-refractivity contribution is -0.342. The molecule has 10 heteroatoms. The third-order valence-corrected chi connectivity index (χ3v) is 13.5. The van der Waals surface area contributed by atoms with E-state index in [1.807, 2.05) is 13.8 Å². The highest BCUT2D eigenvalue weighted by Crippen LogP contribution is 2.68. The standard InChI is InChI=1S/C35H58O10/c1-18(36)23-12-15-35(39)25-9-8-21-16-22(10-13-33(21,4)24(25)11-14-34(23,35)5)44-27-17-26(40-6)30(20(3)42-27)45-32-29(38)31(41-7)28(37)19(2)43-32/h8,18-20,22-32,36-39H,9-17H2,1-7H3/t18-,19+,20+,22-,23+,24-,25+,26+,27-,28+,29+,30+,31-,32-,33-,34+,35-/m0/s1. The fraction of sp³-hybridized carbons (Fsp3) is 0.943. The summed E-state index contributed by atoms with van der Waals surface area (Å²) in [6.45, 7) is 10.2. The highest BCUT2D eigenvalue weighted by molar-refractivity contribution is 5.28. The predicted octanol–water partition coefficient (Wildman–Crippen LogP) is 3.46. The number of fused-ring (bicyclic) bond motifs is 5. The van der Waals surface area contributed by atoms with E-state index in [9.17, 15) is 20.4 Å². The van der Waals surface area contributed by atoms with Crippen LogP contribution >= 0.6 is 0 Å². The van der Waals surface area contributed by atoms with E-state index < -0.39 is 54.8 Å². The lowest BCUT2D eigenvalue weighted by Gasteiger charge is -2.61. The highest BCUT2D eigenvalue weighted by atomic mass is 16.7. The lowest BCUT2D eigenvalue weighted by atomic mass is 9.45. The van der Waals surface area contributed by atoms with Gasteiger partial charge in [-0.25, -0.2) is 0 Å². The summed E-state index contributed by atoms with van der Waals surface area (Å²) in [5.74, 6) is 0.818. The normalized spacial score (nSPS) is 54.0. The molecule has 6 aliphatic rings. The molecule has 6 rings (SSSR count). The van der Waals surface area contributed by atoms with Crippen LogP contribution in [0.2, 0.25) is 0 Å². The Hall–Kier alpha value is -0.660. The molecule has 0 amide bonds. The molecule has 45 heavy (non-hydrogen) atoms. The van der Waals surface area contributed by atoms with Crippen molar-refractivity contribution in [2.75, 3.05) is 14.2 Å². The molecule has 4 aliphatic carbocycles. The molecule has 10 nitrogen and oxygen atoms in total. The summed E-state index contributed by atoms with van der Waals surface area (Å²) in [6, 6.07) is 0. The van der Waals surface area contributed by atoms with Crippen LogP contribution < -0.4 is 0 Å². The summed E-state index contributed by atoms with van der Waals surface area (Å²) >= 11 is 0. The third kappa shape index (κ3) is 5.57. The van der Waals surface area contributed by atoms with Crippen molar-refractivity contribution < 1.29 is 48.8 Å². The fourth-order valence-corrected chi connectivity index (χ4v) is 10.8. The Bertz CT molecular complexity index is 1080. The van der Waals surface area contributed by atoms with Crippen molar-refractivity contribution in [2.45, 2.75) is 166 Å². The van der Waals surface area contributed by atoms with E-state index in [1.165, 1.54) is 12.7 Å². The summed E-state index contributed by atoms with van der Waals surface area (Å²) < 4.78 is 36.2. The minimum atomic E-state index is -1.16. The first-order valence-electron chi connectivity index (χ1n) is 17.4. The van der Waals surface area contributed by atoms with Crippen LogP contribution in [-0.2, 0) is 28.4 Å². The van der Waals surface area contributed by atoms with Crippen molar-refractivity contribution in [1.29, 1.82) is 0 Å². The number of hydrogen-bond donors (Lipinski definition) is 4. The summed E-state index contributed by atoms with van der Waals surface area (Å²) in [6.07, 6.45) is 3.77. The predicted molar refractivity (Wildman–Crippen MR) is 165 cm³/mol. The Balaban J connectivity index is 1.09. The summed E-state index contributed by atoms with van der Waals surface area (Å²) in [4.78, 5) is 0. The van der Waals surface area contributed by atoms with E-state index in [-0.39, 0.29) is 41.0 Å². The second kappa shape index (κ2) is 12.7. The average molecular weight is 639 g/mol. The topological polar surface area (TPSA) is 136 Å². The number of aliphatic hydroxyl groups excluding tert-OH is 3. The minimum absolute atomic E-state index is 0.0318. The Kier molecular flexibility index (Phi) is 9.62. The number of aliphatic hydroxyl groups is 4. The van der Waals surface area contributed by atoms with Crippen LogP contribution in [0.3, 0.4) is 0 Å². The third-order valence-electron chi connectivity index (χ3n) is 13.5. The first-order valence-corrected chi connectivity index (χ1v) is 17.4. The monoisotopic (exact) mass is 638 g/mol. The molecule has 0 radical (unpaired) electrons. The van der Waals surface area contributed by atoms with E-state index in [1.54, 1.807) is 14.0 Å². The van der Waals surface area contributed by atoms with Gasteiger partial charge in [-0.2, -0.15) is 0 Å². The zero-order chi connectivity index (χ0) is 32.5. The maximum Gasteiger partial charge on any atom is 0.187 e. The molecule has 17 atom stereocenters. The molecule has 0 unspecified atom stereocenters. The van der Waals surface area contributed by atoms with Crippen LogP contribution in [0, 0.1) is 28.6 Å². The van der Waals surface area contributed by atoms with Crippen molar-refractivity contribution in [3.8, 4) is 0 Å². The Morgan fingerprint density at radius 2 is 1.64 bits per heavy atom. The zero-order valence-electron chi connectivity index (χ0n) is 28.3. The molecule has 5 fully saturated rings. The van der Waals surface area contributed by atoms with Crippen LogP contribution in [0.25, 0.3) is 0 Å². The van der Waals surface area contributed by atoms with Crippen LogP contribution in [0.4, 0.5) is 0 Å². The van der Waals surface area contributed by atoms with Gasteiger partial charge >= 0.3 is 0 Å². The average Bonchev–Trinajstić information content (AvgIpc) is 3.28. The molecule has 258 valence electrons. The number of hydrogen-bond acceptors (Lipinski definition) is 10. The van der Waals surface area contributed by atoms with Gasteiger partial charge in [0.05, 0.1) is 36.1 Å². The van der Waals surface area contributed by atoms with E-state index in [0.717, 1.165) is 51.4 Å². The second-order valence-electron chi connectivity index (χ2n) is 15.6. The molecule has 2 saturated heterocycles. The lowest BCUT2D eigenvalue weighted by Crippen LogP contribution is -2.61. The molecule has 0 aromatic carbocycles. The van der Waals surface area contributed by atoms with Gasteiger partial charge in [0.25, 0.3) is 0 Å². The molecule has 2 heterocycles. The molecule has 2 aliphatic heterocycles. The van der Waals surface area contributed by atoms with Gasteiger partial charge in [0.2, 0.25) is 0 Å². The molecular weight excluding hydrogens is 580 g/mol. The maximum atomic E-state index is 12.3. The summed E-state index contributed by atoms with van der Waals surface area (Å²) in [5.41, 5.74) is 0.545. The van der Waals surface area contributed by atoms with Gasteiger partial charge in [0, 0.05) is 26.1 Å². The molecule has 0 bridgehead atoms. The minimum Gasteiger partial charge on any atom is -0.393 e. The molecule has 4 N–H and O–H groups in total. The number of methoxy groups -OCH3 is 2. The van der Waals surface area contributed by atoms with Gasteiger partial charge in [0.1, 0.15) is 24.4 Å². The van der Waals surface area contributed by atoms with Gasteiger partial charge in [0.15, 0.2) is 12.6 Å². The Labute approximate surface area is 268 Å². The number of allylic oxidation sites excluding steroid dienone is 1. The molecule has 3 saturated carbocycles. The van der Waals surface area contributed by atoms with Gasteiger partial charge in [-0.15, -0.1) is 0 Å². The van der Waals surface area contributed by atoms with Gasteiger partial charge in [-0.05, 0) is 95.3 Å². The largest absolute Gasteiger partial charge is 0.393 e. The maximum absolute atomic E-state index is 12.3. The SMILES string of the molecule is CO[C@@H]1[C@@H](O)[C@H](O[C@@H]2[C@@H](C)O[C@@H](O[C@H]3CC[C@@]4(C)C(=CC[C@@H]5[C@@H]4CC[C@]4(C)[C@@H]([C@H](C)O)CC[C@]54O)C3)C[C@H]2OC)O[C@H](C)[C@H]1O. The molecule has 0 aromatic heterocycles.